The predicted octanol–water partition coefficient (Wildman–Crippen LogP) is 6.62. The second kappa shape index (κ2) is 11.2. The molecule has 8 heteroatoms. The number of allylic oxidation sites excluding steroid dienone is 1. The Morgan fingerprint density at radius 2 is 1.59 bits per heavy atom. The Morgan fingerprint density at radius 1 is 0.878 bits per heavy atom. The average Bonchev–Trinajstić information content (AvgIpc) is 3.66. The SMILES string of the molecule is CCC1=CC2CN3CCc4c([nH]c5ccccc45)C(C(=O)OC4CN(C)C5C(CC)=CCC[C@]5(C(=O)OC)c5[nH]c6ccccc6c54)(C2)C13. The summed E-state index contributed by atoms with van der Waals surface area (Å²) < 4.78 is 12.8. The topological polar surface area (TPSA) is 90.7 Å². The first-order chi connectivity index (χ1) is 23.8. The van der Waals surface area contributed by atoms with Crippen molar-refractivity contribution >= 4 is 33.7 Å². The second-order valence-electron chi connectivity index (χ2n) is 15.0. The molecule has 2 aromatic heterocycles. The quantitative estimate of drug-likeness (QED) is 0.185. The molecule has 2 N–H and O–H groups in total. The van der Waals surface area contributed by atoms with Gasteiger partial charge in [0.1, 0.15) is 16.9 Å². The largest absolute Gasteiger partial charge is 0.468 e. The lowest BCUT2D eigenvalue weighted by Crippen LogP contribution is -2.64. The molecule has 0 saturated carbocycles. The van der Waals surface area contributed by atoms with Gasteiger partial charge in [-0.3, -0.25) is 19.4 Å². The molecule has 6 aliphatic rings. The Balaban J connectivity index is 1.24. The maximum absolute atomic E-state index is 15.6. The van der Waals surface area contributed by atoms with Crippen LogP contribution in [-0.4, -0.2) is 77.6 Å². The lowest BCUT2D eigenvalue weighted by atomic mass is 9.60. The summed E-state index contributed by atoms with van der Waals surface area (Å²) in [5.41, 5.74) is 6.78. The van der Waals surface area contributed by atoms with Crippen LogP contribution in [0.3, 0.4) is 0 Å². The molecular weight excluding hydrogens is 612 g/mol. The fraction of sp³-hybridized carbons (Fsp3) is 0.463. The van der Waals surface area contributed by atoms with Crippen molar-refractivity contribution < 1.29 is 19.1 Å². The lowest BCUT2D eigenvalue weighted by molar-refractivity contribution is -0.164. The maximum Gasteiger partial charge on any atom is 0.320 e. The smallest absolute Gasteiger partial charge is 0.320 e. The number of carbonyl (C=O) groups is 2. The van der Waals surface area contributed by atoms with Crippen LogP contribution in [0, 0.1) is 5.92 Å². The molecule has 0 radical (unpaired) electrons. The fourth-order valence-corrected chi connectivity index (χ4v) is 11.0. The summed E-state index contributed by atoms with van der Waals surface area (Å²) in [5.74, 6) is -0.141. The predicted molar refractivity (Wildman–Crippen MR) is 190 cm³/mol. The molecule has 4 aromatic rings. The van der Waals surface area contributed by atoms with Crippen LogP contribution >= 0.6 is 0 Å². The molecule has 1 fully saturated rings. The van der Waals surface area contributed by atoms with Crippen LogP contribution in [0.4, 0.5) is 0 Å². The van der Waals surface area contributed by atoms with Crippen LogP contribution in [0.2, 0.25) is 0 Å². The molecule has 4 bridgehead atoms. The molecule has 4 aliphatic heterocycles. The molecule has 10 rings (SSSR count). The van der Waals surface area contributed by atoms with Crippen molar-refractivity contribution in [2.45, 2.75) is 81.4 Å². The van der Waals surface area contributed by atoms with Gasteiger partial charge in [-0.15, -0.1) is 0 Å². The van der Waals surface area contributed by atoms with Crippen molar-refractivity contribution in [2.24, 2.45) is 5.92 Å². The Labute approximate surface area is 287 Å². The van der Waals surface area contributed by atoms with E-state index in [-0.39, 0.29) is 29.9 Å². The van der Waals surface area contributed by atoms with E-state index in [1.807, 2.05) is 12.1 Å². The number of H-pyrrole nitrogens is 2. The first-order valence-corrected chi connectivity index (χ1v) is 18.2. The number of fused-ring (bicyclic) bond motifs is 8. The third-order valence-electron chi connectivity index (χ3n) is 12.7. The van der Waals surface area contributed by atoms with E-state index in [1.165, 1.54) is 29.2 Å². The zero-order valence-electron chi connectivity index (χ0n) is 29.0. The van der Waals surface area contributed by atoms with E-state index in [4.69, 9.17) is 9.47 Å². The summed E-state index contributed by atoms with van der Waals surface area (Å²) in [6.07, 6.45) is 8.87. The van der Waals surface area contributed by atoms with Crippen molar-refractivity contribution in [3.63, 3.8) is 0 Å². The molecule has 1 saturated heterocycles. The first-order valence-electron chi connectivity index (χ1n) is 18.2. The van der Waals surface area contributed by atoms with Crippen LogP contribution in [-0.2, 0) is 36.3 Å². The number of esters is 2. The van der Waals surface area contributed by atoms with Crippen molar-refractivity contribution in [3.05, 3.63) is 94.3 Å². The fourth-order valence-electron chi connectivity index (χ4n) is 11.0. The molecule has 0 amide bonds. The highest BCUT2D eigenvalue weighted by Gasteiger charge is 2.62. The number of para-hydroxylation sites is 2. The highest BCUT2D eigenvalue weighted by Crippen LogP contribution is 2.55. The number of carbonyl (C=O) groups excluding carboxylic acids is 2. The number of nitrogens with zero attached hydrogens (tertiary/aromatic N) is 2. The van der Waals surface area contributed by atoms with Gasteiger partial charge in [-0.05, 0) is 69.2 Å². The number of benzene rings is 2. The molecule has 6 unspecified atom stereocenters. The molecule has 254 valence electrons. The Morgan fingerprint density at radius 3 is 2.35 bits per heavy atom. The van der Waals surface area contributed by atoms with Gasteiger partial charge in [0.05, 0.1) is 19.2 Å². The van der Waals surface area contributed by atoms with Crippen molar-refractivity contribution in [1.82, 2.24) is 19.8 Å². The van der Waals surface area contributed by atoms with Crippen molar-refractivity contribution in [3.8, 4) is 0 Å². The number of aromatic nitrogens is 2. The van der Waals surface area contributed by atoms with Gasteiger partial charge in [0.25, 0.3) is 0 Å². The van der Waals surface area contributed by atoms with Gasteiger partial charge in [0, 0.05) is 58.4 Å². The Hall–Kier alpha value is -4.14. The van der Waals surface area contributed by atoms with Crippen molar-refractivity contribution in [1.29, 1.82) is 0 Å². The summed E-state index contributed by atoms with van der Waals surface area (Å²) in [5, 5.41) is 2.19. The summed E-state index contributed by atoms with van der Waals surface area (Å²) >= 11 is 0. The molecular formula is C41H46N4O4. The molecule has 0 spiro atoms. The summed E-state index contributed by atoms with van der Waals surface area (Å²) in [4.78, 5) is 42.2. The number of ether oxygens (including phenoxy) is 2. The summed E-state index contributed by atoms with van der Waals surface area (Å²) in [6, 6.07) is 16.4. The first kappa shape index (κ1) is 30.9. The second-order valence-corrected chi connectivity index (χ2v) is 15.0. The van der Waals surface area contributed by atoms with Gasteiger partial charge in [-0.25, -0.2) is 0 Å². The van der Waals surface area contributed by atoms with E-state index in [0.29, 0.717) is 13.0 Å². The number of hydrogen-bond acceptors (Lipinski definition) is 6. The number of hydrogen-bond donors (Lipinski definition) is 2. The van der Waals surface area contributed by atoms with Crippen LogP contribution in [0.25, 0.3) is 21.8 Å². The molecule has 7 atom stereocenters. The van der Waals surface area contributed by atoms with Gasteiger partial charge in [0.2, 0.25) is 0 Å². The minimum Gasteiger partial charge on any atom is -0.468 e. The zero-order chi connectivity index (χ0) is 33.7. The third-order valence-corrected chi connectivity index (χ3v) is 12.7. The van der Waals surface area contributed by atoms with Gasteiger partial charge in [-0.2, -0.15) is 0 Å². The van der Waals surface area contributed by atoms with E-state index in [2.05, 4.69) is 89.2 Å². The van der Waals surface area contributed by atoms with Gasteiger partial charge < -0.3 is 19.4 Å². The normalized spacial score (nSPS) is 32.0. The average molecular weight is 659 g/mol. The number of nitrogens with one attached hydrogen (secondary N) is 2. The Kier molecular flexibility index (Phi) is 7.05. The van der Waals surface area contributed by atoms with Gasteiger partial charge in [-0.1, -0.05) is 73.5 Å². The monoisotopic (exact) mass is 658 g/mol. The van der Waals surface area contributed by atoms with Crippen LogP contribution in [0.1, 0.15) is 74.6 Å². The standard InChI is InChI=1S/C41H46N4O4/c1-5-25-12-11-18-40(38(46)48-4)35-33(29-14-8-10-16-31(29)43-35)32(23-44(3)36(25)40)49-39(47)41-21-24-20-26(6-2)37(41)45(22-24)19-17-28-27-13-7-9-15-30(27)42-34(28)41/h7-10,12-16,20,24,32,36-37,42-43H,5-6,11,17-19,21-23H2,1-4H3/t24?,32?,36?,37?,40-,41?/m0/s1. The maximum atomic E-state index is 15.6. The summed E-state index contributed by atoms with van der Waals surface area (Å²) in [7, 11) is 3.57. The number of piperidine rings is 1. The molecule has 2 aromatic carbocycles. The van der Waals surface area contributed by atoms with E-state index in [1.54, 1.807) is 0 Å². The van der Waals surface area contributed by atoms with E-state index >= 15 is 4.79 Å². The van der Waals surface area contributed by atoms with Crippen LogP contribution in [0.5, 0.6) is 0 Å². The number of aromatic amines is 2. The van der Waals surface area contributed by atoms with Gasteiger partial charge >= 0.3 is 11.9 Å². The van der Waals surface area contributed by atoms with E-state index < -0.39 is 16.9 Å². The highest BCUT2D eigenvalue weighted by molar-refractivity contribution is 5.95. The Bertz CT molecular complexity index is 2070. The lowest BCUT2D eigenvalue weighted by Gasteiger charge is -2.54. The molecule has 2 aliphatic carbocycles. The number of rotatable bonds is 5. The number of methoxy groups -OCH3 is 1. The van der Waals surface area contributed by atoms with E-state index in [0.717, 1.165) is 78.6 Å². The van der Waals surface area contributed by atoms with Crippen molar-refractivity contribution in [2.75, 3.05) is 33.8 Å². The van der Waals surface area contributed by atoms with E-state index in [9.17, 15) is 4.79 Å². The highest BCUT2D eigenvalue weighted by atomic mass is 16.5. The third kappa shape index (κ3) is 4.10. The molecule has 49 heavy (non-hydrogen) atoms. The van der Waals surface area contributed by atoms with Crippen LogP contribution < -0.4 is 0 Å². The minimum atomic E-state index is -0.955. The minimum absolute atomic E-state index is 0.0612. The molecule has 8 nitrogen and oxygen atoms in total. The van der Waals surface area contributed by atoms with Crippen LogP contribution in [0.15, 0.2) is 71.8 Å². The molecule has 6 heterocycles. The number of likely N-dealkylation sites (N-methyl/N-ethyl adjacent to an activating group) is 1. The van der Waals surface area contributed by atoms with Gasteiger partial charge in [0.15, 0.2) is 0 Å². The zero-order valence-corrected chi connectivity index (χ0v) is 29.0. The summed E-state index contributed by atoms with van der Waals surface area (Å²) in [6.45, 7) is 6.73.